The zero-order chi connectivity index (χ0) is 15.4. The fourth-order valence-corrected chi connectivity index (χ4v) is 2.70. The zero-order valence-corrected chi connectivity index (χ0v) is 12.6. The molecule has 2 aromatic rings. The minimum atomic E-state index is -0.440. The minimum Gasteiger partial charge on any atom is -0.497 e. The summed E-state index contributed by atoms with van der Waals surface area (Å²) in [5.41, 5.74) is 9.40. The van der Waals surface area contributed by atoms with Crippen LogP contribution in [-0.2, 0) is 5.75 Å². The van der Waals surface area contributed by atoms with Crippen molar-refractivity contribution in [1.29, 1.82) is 0 Å². The van der Waals surface area contributed by atoms with E-state index in [0.29, 0.717) is 17.2 Å². The molecule has 112 valence electrons. The fraction of sp³-hybridized carbons (Fsp3) is 0.214. The van der Waals surface area contributed by atoms with Crippen LogP contribution in [0.5, 0.6) is 5.75 Å². The molecule has 0 aliphatic carbocycles. The Morgan fingerprint density at radius 1 is 1.43 bits per heavy atom. The average Bonchev–Trinajstić information content (AvgIpc) is 2.86. The Kier molecular flexibility index (Phi) is 4.77. The third-order valence-electron chi connectivity index (χ3n) is 2.90. The van der Waals surface area contributed by atoms with Crippen molar-refractivity contribution in [2.75, 3.05) is 12.8 Å². The number of nitrogens with two attached hydrogens (primary N) is 2. The highest BCUT2D eigenvalue weighted by Gasteiger charge is 2.15. The quantitative estimate of drug-likeness (QED) is 0.257. The van der Waals surface area contributed by atoms with Crippen molar-refractivity contribution in [3.63, 3.8) is 0 Å². The summed E-state index contributed by atoms with van der Waals surface area (Å²) in [5.74, 6) is 6.86. The van der Waals surface area contributed by atoms with Crippen molar-refractivity contribution in [1.82, 2.24) is 5.43 Å². The first-order valence-electron chi connectivity index (χ1n) is 6.21. The molecule has 5 N–H and O–H groups in total. The number of aryl methyl sites for hydroxylation is 1. The lowest BCUT2D eigenvalue weighted by Crippen LogP contribution is -2.30. The molecule has 0 radical (unpaired) electrons. The van der Waals surface area contributed by atoms with Gasteiger partial charge >= 0.3 is 5.91 Å². The predicted octanol–water partition coefficient (Wildman–Crippen LogP) is 2.07. The molecule has 0 spiro atoms. The average molecular weight is 307 g/mol. The Bertz CT molecular complexity index is 655. The first kappa shape index (κ1) is 15.3. The van der Waals surface area contributed by atoms with E-state index in [0.717, 1.165) is 16.2 Å². The van der Waals surface area contributed by atoms with E-state index in [-0.39, 0.29) is 5.76 Å². The summed E-state index contributed by atoms with van der Waals surface area (Å²) in [5, 5.41) is 0. The molecule has 0 saturated heterocycles. The molecule has 0 fully saturated rings. The first-order chi connectivity index (χ1) is 10.0. The number of methoxy groups -OCH3 is 1. The second-order valence-corrected chi connectivity index (χ2v) is 5.41. The maximum atomic E-state index is 11.5. The number of hydrogen-bond acceptors (Lipinski definition) is 6. The number of rotatable bonds is 5. The highest BCUT2D eigenvalue weighted by molar-refractivity contribution is 7.98. The summed E-state index contributed by atoms with van der Waals surface area (Å²) in [4.78, 5) is 12.4. The molecular formula is C14H17N3O3S. The Morgan fingerprint density at radius 3 is 2.86 bits per heavy atom. The van der Waals surface area contributed by atoms with Crippen LogP contribution < -0.4 is 21.7 Å². The van der Waals surface area contributed by atoms with Gasteiger partial charge in [-0.25, -0.2) is 5.84 Å². The van der Waals surface area contributed by atoms with Gasteiger partial charge in [-0.1, -0.05) is 0 Å². The highest BCUT2D eigenvalue weighted by Crippen LogP contribution is 2.32. The van der Waals surface area contributed by atoms with Crippen molar-refractivity contribution in [3.8, 4) is 5.75 Å². The van der Waals surface area contributed by atoms with E-state index in [1.54, 1.807) is 26.2 Å². The summed E-state index contributed by atoms with van der Waals surface area (Å²) in [6.45, 7) is 1.79. The number of carbonyl (C=O) groups is 1. The molecule has 2 rings (SSSR count). The minimum absolute atomic E-state index is 0.228. The standard InChI is InChI=1S/C14H17N3O3S/c1-8-5-10(20-13(8)14(18)17-16)7-21-12-6-9(19-2)3-4-11(12)15/h3-6H,7,15-16H2,1-2H3,(H,17,18). The summed E-state index contributed by atoms with van der Waals surface area (Å²) >= 11 is 1.51. The normalized spacial score (nSPS) is 10.4. The summed E-state index contributed by atoms with van der Waals surface area (Å²) in [6.07, 6.45) is 0. The maximum Gasteiger partial charge on any atom is 0.301 e. The molecular weight excluding hydrogens is 290 g/mol. The topological polar surface area (TPSA) is 104 Å². The number of thioether (sulfide) groups is 1. The van der Waals surface area contributed by atoms with Gasteiger partial charge in [0.1, 0.15) is 11.5 Å². The van der Waals surface area contributed by atoms with E-state index in [2.05, 4.69) is 5.43 Å². The van der Waals surface area contributed by atoms with E-state index in [1.165, 1.54) is 11.8 Å². The van der Waals surface area contributed by atoms with E-state index >= 15 is 0 Å². The zero-order valence-electron chi connectivity index (χ0n) is 11.8. The van der Waals surface area contributed by atoms with Crippen molar-refractivity contribution >= 4 is 23.4 Å². The van der Waals surface area contributed by atoms with Crippen LogP contribution in [0.25, 0.3) is 0 Å². The Morgan fingerprint density at radius 2 is 2.19 bits per heavy atom. The molecule has 1 amide bonds. The van der Waals surface area contributed by atoms with Gasteiger partial charge in [-0.05, 0) is 31.2 Å². The van der Waals surface area contributed by atoms with Crippen molar-refractivity contribution in [2.24, 2.45) is 5.84 Å². The summed E-state index contributed by atoms with van der Waals surface area (Å²) in [7, 11) is 1.60. The van der Waals surface area contributed by atoms with Gasteiger partial charge in [-0.15, -0.1) is 11.8 Å². The van der Waals surface area contributed by atoms with Gasteiger partial charge in [0, 0.05) is 16.1 Å². The van der Waals surface area contributed by atoms with Crippen LogP contribution in [0, 0.1) is 6.92 Å². The second-order valence-electron chi connectivity index (χ2n) is 4.39. The number of benzene rings is 1. The van der Waals surface area contributed by atoms with Gasteiger partial charge in [0.15, 0.2) is 5.76 Å². The van der Waals surface area contributed by atoms with Crippen LogP contribution in [0.2, 0.25) is 0 Å². The lowest BCUT2D eigenvalue weighted by molar-refractivity contribution is 0.0923. The number of carbonyl (C=O) groups excluding carboxylic acids is 1. The Labute approximate surface area is 126 Å². The van der Waals surface area contributed by atoms with E-state index in [4.69, 9.17) is 20.7 Å². The van der Waals surface area contributed by atoms with Crippen LogP contribution in [0.1, 0.15) is 21.9 Å². The third-order valence-corrected chi connectivity index (χ3v) is 3.99. The number of hydrazine groups is 1. The van der Waals surface area contributed by atoms with Crippen LogP contribution in [-0.4, -0.2) is 13.0 Å². The number of anilines is 1. The van der Waals surface area contributed by atoms with Crippen LogP contribution in [0.3, 0.4) is 0 Å². The Hall–Kier alpha value is -2.12. The molecule has 0 atom stereocenters. The number of hydrogen-bond donors (Lipinski definition) is 3. The van der Waals surface area contributed by atoms with Crippen molar-refractivity contribution in [2.45, 2.75) is 17.6 Å². The molecule has 1 aromatic heterocycles. The molecule has 1 aromatic carbocycles. The van der Waals surface area contributed by atoms with Crippen molar-refractivity contribution in [3.05, 3.63) is 41.3 Å². The molecule has 0 aliphatic heterocycles. The lowest BCUT2D eigenvalue weighted by Gasteiger charge is -2.06. The molecule has 0 unspecified atom stereocenters. The number of nitrogen functional groups attached to an aromatic ring is 2. The van der Waals surface area contributed by atoms with Gasteiger partial charge < -0.3 is 14.9 Å². The lowest BCUT2D eigenvalue weighted by atomic mass is 10.2. The molecule has 0 saturated carbocycles. The Balaban J connectivity index is 2.11. The molecule has 6 nitrogen and oxygen atoms in total. The fourth-order valence-electron chi connectivity index (χ4n) is 1.83. The van der Waals surface area contributed by atoms with Crippen LogP contribution in [0.4, 0.5) is 5.69 Å². The summed E-state index contributed by atoms with van der Waals surface area (Å²) < 4.78 is 10.7. The van der Waals surface area contributed by atoms with Gasteiger partial charge in [-0.2, -0.15) is 0 Å². The number of furan rings is 1. The molecule has 1 heterocycles. The monoisotopic (exact) mass is 307 g/mol. The SMILES string of the molecule is COc1ccc(N)c(SCc2cc(C)c(C(=O)NN)o2)c1. The van der Waals surface area contributed by atoms with Gasteiger partial charge in [0.25, 0.3) is 0 Å². The second kappa shape index (κ2) is 6.55. The molecule has 0 bridgehead atoms. The number of ether oxygens (including phenoxy) is 1. The van der Waals surface area contributed by atoms with E-state index in [1.807, 2.05) is 12.1 Å². The van der Waals surface area contributed by atoms with Crippen molar-refractivity contribution < 1.29 is 13.9 Å². The van der Waals surface area contributed by atoms with Crippen LogP contribution in [0.15, 0.2) is 33.6 Å². The number of amides is 1. The first-order valence-corrected chi connectivity index (χ1v) is 7.20. The van der Waals surface area contributed by atoms with Gasteiger partial charge in [0.2, 0.25) is 0 Å². The van der Waals surface area contributed by atoms with Gasteiger partial charge in [-0.3, -0.25) is 10.2 Å². The van der Waals surface area contributed by atoms with Gasteiger partial charge in [0.05, 0.1) is 12.9 Å². The molecule has 0 aliphatic rings. The third kappa shape index (κ3) is 3.50. The molecule has 7 heteroatoms. The maximum absolute atomic E-state index is 11.5. The summed E-state index contributed by atoms with van der Waals surface area (Å²) in [6, 6.07) is 7.28. The van der Waals surface area contributed by atoms with Crippen LogP contribution >= 0.6 is 11.8 Å². The highest BCUT2D eigenvalue weighted by atomic mass is 32.2. The van der Waals surface area contributed by atoms with E-state index < -0.39 is 5.91 Å². The smallest absolute Gasteiger partial charge is 0.301 e. The van der Waals surface area contributed by atoms with E-state index in [9.17, 15) is 4.79 Å². The number of nitrogens with one attached hydrogen (secondary N) is 1. The predicted molar refractivity (Wildman–Crippen MR) is 82.1 cm³/mol. The largest absolute Gasteiger partial charge is 0.497 e. The molecule has 21 heavy (non-hydrogen) atoms.